The Bertz CT molecular complexity index is 597. The summed E-state index contributed by atoms with van der Waals surface area (Å²) in [6.07, 6.45) is 0.0504. The summed E-state index contributed by atoms with van der Waals surface area (Å²) >= 11 is 0. The van der Waals surface area contributed by atoms with E-state index in [0.717, 1.165) is 11.0 Å². The smallest absolute Gasteiger partial charge is 0.264 e. The first-order chi connectivity index (χ1) is 10.0. The van der Waals surface area contributed by atoms with Gasteiger partial charge in [0.15, 0.2) is 0 Å². The average molecular weight is 292 g/mol. The molecule has 0 radical (unpaired) electrons. The predicted molar refractivity (Wildman–Crippen MR) is 74.3 cm³/mol. The van der Waals surface area contributed by atoms with Gasteiger partial charge in [0.2, 0.25) is 5.91 Å². The van der Waals surface area contributed by atoms with E-state index >= 15 is 0 Å². The highest BCUT2D eigenvalue weighted by Crippen LogP contribution is 2.25. The van der Waals surface area contributed by atoms with E-state index in [1.54, 1.807) is 4.90 Å². The van der Waals surface area contributed by atoms with Crippen molar-refractivity contribution >= 4 is 17.7 Å². The van der Waals surface area contributed by atoms with Gasteiger partial charge in [0.05, 0.1) is 11.1 Å². The molecule has 3 amide bonds. The molecule has 1 heterocycles. The Morgan fingerprint density at radius 2 is 1.86 bits per heavy atom. The van der Waals surface area contributed by atoms with E-state index in [9.17, 15) is 18.8 Å². The molecule has 1 aromatic carbocycles. The third-order valence-electron chi connectivity index (χ3n) is 3.61. The molecule has 0 bridgehead atoms. The number of rotatable bonds is 5. The Kier molecular flexibility index (Phi) is 4.35. The molecular weight excluding hydrogens is 275 g/mol. The lowest BCUT2D eigenvalue weighted by Gasteiger charge is -2.20. The van der Waals surface area contributed by atoms with E-state index in [1.807, 2.05) is 13.8 Å². The number of carbonyl (C=O) groups excluding carboxylic acids is 3. The summed E-state index contributed by atoms with van der Waals surface area (Å²) in [5.41, 5.74) is -0.131. The van der Waals surface area contributed by atoms with Gasteiger partial charge in [-0.15, -0.1) is 0 Å². The first kappa shape index (κ1) is 15.2. The largest absolute Gasteiger partial charge is 0.343 e. The first-order valence-corrected chi connectivity index (χ1v) is 6.93. The fourth-order valence-electron chi connectivity index (χ4n) is 2.44. The number of hydrogen-bond acceptors (Lipinski definition) is 3. The van der Waals surface area contributed by atoms with Crippen LogP contribution in [-0.4, -0.2) is 47.2 Å². The highest BCUT2D eigenvalue weighted by atomic mass is 19.1. The van der Waals surface area contributed by atoms with Gasteiger partial charge >= 0.3 is 0 Å². The Morgan fingerprint density at radius 3 is 2.43 bits per heavy atom. The number of imide groups is 1. The Balaban J connectivity index is 2.11. The maximum atomic E-state index is 13.6. The van der Waals surface area contributed by atoms with E-state index in [4.69, 9.17) is 0 Å². The van der Waals surface area contributed by atoms with Crippen molar-refractivity contribution < 1.29 is 18.8 Å². The SMILES string of the molecule is CCN(CC)C(=O)CCN1C(=O)c2cccc(F)c2C1=O. The molecule has 0 atom stereocenters. The van der Waals surface area contributed by atoms with E-state index in [2.05, 4.69) is 0 Å². The minimum Gasteiger partial charge on any atom is -0.343 e. The summed E-state index contributed by atoms with van der Waals surface area (Å²) < 4.78 is 13.6. The zero-order valence-corrected chi connectivity index (χ0v) is 12.1. The molecule has 0 saturated carbocycles. The second kappa shape index (κ2) is 6.03. The third kappa shape index (κ3) is 2.66. The molecule has 0 saturated heterocycles. The van der Waals surface area contributed by atoms with Crippen molar-refractivity contribution in [3.8, 4) is 0 Å². The molecule has 0 aromatic heterocycles. The number of amides is 3. The molecule has 2 rings (SSSR count). The van der Waals surface area contributed by atoms with Crippen LogP contribution in [0.4, 0.5) is 4.39 Å². The van der Waals surface area contributed by atoms with Gasteiger partial charge in [-0.05, 0) is 26.0 Å². The number of carbonyl (C=O) groups is 3. The maximum Gasteiger partial charge on any atom is 0.264 e. The Labute approximate surface area is 122 Å². The van der Waals surface area contributed by atoms with Crippen LogP contribution in [0.3, 0.4) is 0 Å². The molecule has 112 valence electrons. The highest BCUT2D eigenvalue weighted by Gasteiger charge is 2.37. The van der Waals surface area contributed by atoms with Gasteiger partial charge in [-0.2, -0.15) is 0 Å². The number of benzene rings is 1. The second-order valence-corrected chi connectivity index (χ2v) is 4.74. The summed E-state index contributed by atoms with van der Waals surface area (Å²) in [7, 11) is 0. The van der Waals surface area contributed by atoms with Gasteiger partial charge in [0.1, 0.15) is 5.82 Å². The molecule has 5 nitrogen and oxygen atoms in total. The summed E-state index contributed by atoms with van der Waals surface area (Å²) in [5, 5.41) is 0. The lowest BCUT2D eigenvalue weighted by atomic mass is 10.1. The number of fused-ring (bicyclic) bond motifs is 1. The van der Waals surface area contributed by atoms with Gasteiger partial charge in [-0.1, -0.05) is 6.07 Å². The zero-order valence-electron chi connectivity index (χ0n) is 12.1. The van der Waals surface area contributed by atoms with Crippen molar-refractivity contribution in [2.24, 2.45) is 0 Å². The lowest BCUT2D eigenvalue weighted by molar-refractivity contribution is -0.130. The van der Waals surface area contributed by atoms with E-state index in [-0.39, 0.29) is 30.0 Å². The Morgan fingerprint density at radius 1 is 1.19 bits per heavy atom. The van der Waals surface area contributed by atoms with Gasteiger partial charge in [-0.25, -0.2) is 4.39 Å². The molecule has 21 heavy (non-hydrogen) atoms. The summed E-state index contributed by atoms with van der Waals surface area (Å²) in [6, 6.07) is 3.96. The summed E-state index contributed by atoms with van der Waals surface area (Å²) in [5.74, 6) is -2.04. The fraction of sp³-hybridized carbons (Fsp3) is 0.400. The lowest BCUT2D eigenvalue weighted by Crippen LogP contribution is -2.36. The van der Waals surface area contributed by atoms with Crippen LogP contribution in [0, 0.1) is 5.82 Å². The van der Waals surface area contributed by atoms with E-state index in [0.29, 0.717) is 13.1 Å². The van der Waals surface area contributed by atoms with Crippen LogP contribution in [0.1, 0.15) is 41.0 Å². The van der Waals surface area contributed by atoms with Gasteiger partial charge in [0, 0.05) is 26.1 Å². The molecule has 0 spiro atoms. The topological polar surface area (TPSA) is 57.7 Å². The van der Waals surface area contributed by atoms with Crippen molar-refractivity contribution in [2.75, 3.05) is 19.6 Å². The monoisotopic (exact) mass is 292 g/mol. The summed E-state index contributed by atoms with van der Waals surface area (Å²) in [4.78, 5) is 38.7. The molecule has 0 aliphatic carbocycles. The van der Waals surface area contributed by atoms with Crippen molar-refractivity contribution in [2.45, 2.75) is 20.3 Å². The van der Waals surface area contributed by atoms with Crippen LogP contribution in [-0.2, 0) is 4.79 Å². The predicted octanol–water partition coefficient (Wildman–Crippen LogP) is 1.68. The third-order valence-corrected chi connectivity index (χ3v) is 3.61. The minimum atomic E-state index is -0.705. The molecule has 0 fully saturated rings. The van der Waals surface area contributed by atoms with Gasteiger partial charge < -0.3 is 4.90 Å². The standard InChI is InChI=1S/C15H17FN2O3/c1-3-17(4-2)12(19)8-9-18-14(20)10-6-5-7-11(16)13(10)15(18)21/h5-7H,3-4,8-9H2,1-2H3. The molecule has 1 aliphatic rings. The number of nitrogens with zero attached hydrogens (tertiary/aromatic N) is 2. The van der Waals surface area contributed by atoms with Crippen molar-refractivity contribution in [1.82, 2.24) is 9.80 Å². The van der Waals surface area contributed by atoms with Crippen LogP contribution in [0.15, 0.2) is 18.2 Å². The molecule has 6 heteroatoms. The number of halogens is 1. The molecular formula is C15H17FN2O3. The van der Waals surface area contributed by atoms with Crippen LogP contribution in [0.2, 0.25) is 0 Å². The Hall–Kier alpha value is -2.24. The first-order valence-electron chi connectivity index (χ1n) is 6.93. The van der Waals surface area contributed by atoms with Crippen LogP contribution >= 0.6 is 0 Å². The second-order valence-electron chi connectivity index (χ2n) is 4.74. The maximum absolute atomic E-state index is 13.6. The van der Waals surface area contributed by atoms with E-state index < -0.39 is 17.6 Å². The van der Waals surface area contributed by atoms with Gasteiger partial charge in [0.25, 0.3) is 11.8 Å². The molecule has 0 unspecified atom stereocenters. The fourth-order valence-corrected chi connectivity index (χ4v) is 2.44. The van der Waals surface area contributed by atoms with Crippen molar-refractivity contribution in [3.63, 3.8) is 0 Å². The van der Waals surface area contributed by atoms with Crippen molar-refractivity contribution in [3.05, 3.63) is 35.1 Å². The summed E-state index contributed by atoms with van der Waals surface area (Å²) in [6.45, 7) is 4.84. The zero-order chi connectivity index (χ0) is 15.6. The average Bonchev–Trinajstić information content (AvgIpc) is 2.71. The molecule has 1 aromatic rings. The van der Waals surface area contributed by atoms with Gasteiger partial charge in [-0.3, -0.25) is 19.3 Å². The quantitative estimate of drug-likeness (QED) is 0.776. The van der Waals surface area contributed by atoms with Crippen LogP contribution in [0.5, 0.6) is 0 Å². The van der Waals surface area contributed by atoms with Crippen LogP contribution in [0.25, 0.3) is 0 Å². The highest BCUT2D eigenvalue weighted by molar-refractivity contribution is 6.21. The minimum absolute atomic E-state index is 0.0267. The van der Waals surface area contributed by atoms with E-state index in [1.165, 1.54) is 12.1 Å². The molecule has 1 aliphatic heterocycles. The normalized spacial score (nSPS) is 13.6. The number of hydrogen-bond donors (Lipinski definition) is 0. The molecule has 0 N–H and O–H groups in total. The van der Waals surface area contributed by atoms with Crippen molar-refractivity contribution in [1.29, 1.82) is 0 Å². The van der Waals surface area contributed by atoms with Crippen LogP contribution < -0.4 is 0 Å².